The van der Waals surface area contributed by atoms with Gasteiger partial charge in [-0.15, -0.1) is 0 Å². The Hall–Kier alpha value is -2.17. The third-order valence-corrected chi connectivity index (χ3v) is 3.49. The van der Waals surface area contributed by atoms with E-state index in [2.05, 4.69) is 0 Å². The Bertz CT molecular complexity index is 613. The Morgan fingerprint density at radius 2 is 1.83 bits per heavy atom. The topological polar surface area (TPSA) is 157 Å². The molecule has 1 aliphatic heterocycles. The van der Waals surface area contributed by atoms with Crippen LogP contribution in [0.2, 0.25) is 0 Å². The number of rotatable bonds is 4. The normalized spacial score (nSPS) is 30.4. The van der Waals surface area contributed by atoms with Crippen LogP contribution in [-0.2, 0) is 14.3 Å². The standard InChI is InChI=1S/C15H18O9/c16-6-10-12(20)13(21)14(22)15(23-10)24-11(19)4-2-7-1-3-8(17)9(18)5-7/h1-5,10,12-18,20-22H,6H2/b4-2+/t10-,12-,13-,14-,15-/m0/s1. The van der Waals surface area contributed by atoms with Crippen LogP contribution >= 0.6 is 0 Å². The van der Waals surface area contributed by atoms with Crippen molar-refractivity contribution >= 4 is 12.0 Å². The summed E-state index contributed by atoms with van der Waals surface area (Å²) in [5.74, 6) is -1.60. The summed E-state index contributed by atoms with van der Waals surface area (Å²) in [5.41, 5.74) is 0.399. The van der Waals surface area contributed by atoms with Gasteiger partial charge < -0.3 is 40.1 Å². The fraction of sp³-hybridized carbons (Fsp3) is 0.400. The molecule has 1 aliphatic rings. The summed E-state index contributed by atoms with van der Waals surface area (Å²) in [6.45, 7) is -0.637. The van der Waals surface area contributed by atoms with Gasteiger partial charge in [-0.3, -0.25) is 0 Å². The monoisotopic (exact) mass is 342 g/mol. The first-order valence-corrected chi connectivity index (χ1v) is 7.04. The highest BCUT2D eigenvalue weighted by Crippen LogP contribution is 2.25. The zero-order chi connectivity index (χ0) is 17.9. The highest BCUT2D eigenvalue weighted by Gasteiger charge is 2.45. The average molecular weight is 342 g/mol. The van der Waals surface area contributed by atoms with Gasteiger partial charge in [-0.2, -0.15) is 0 Å². The third-order valence-electron chi connectivity index (χ3n) is 3.49. The van der Waals surface area contributed by atoms with Crippen LogP contribution in [-0.4, -0.2) is 73.9 Å². The lowest BCUT2D eigenvalue weighted by atomic mass is 9.99. The van der Waals surface area contributed by atoms with Crippen molar-refractivity contribution in [1.29, 1.82) is 0 Å². The Morgan fingerprint density at radius 3 is 2.46 bits per heavy atom. The first-order valence-electron chi connectivity index (χ1n) is 7.04. The van der Waals surface area contributed by atoms with E-state index in [0.29, 0.717) is 5.56 Å². The molecule has 0 saturated carbocycles. The zero-order valence-corrected chi connectivity index (χ0v) is 12.4. The number of carbonyl (C=O) groups excluding carboxylic acids is 1. The molecule has 0 bridgehead atoms. The van der Waals surface area contributed by atoms with Gasteiger partial charge in [-0.05, 0) is 23.8 Å². The van der Waals surface area contributed by atoms with Crippen LogP contribution in [0.1, 0.15) is 5.56 Å². The second kappa shape index (κ2) is 7.60. The number of phenols is 2. The molecule has 1 aromatic carbocycles. The third kappa shape index (κ3) is 4.02. The summed E-state index contributed by atoms with van der Waals surface area (Å²) < 4.78 is 9.87. The summed E-state index contributed by atoms with van der Waals surface area (Å²) in [7, 11) is 0. The van der Waals surface area contributed by atoms with E-state index < -0.39 is 43.3 Å². The van der Waals surface area contributed by atoms with E-state index in [1.54, 1.807) is 0 Å². The number of aromatic hydroxyl groups is 2. The molecule has 5 atom stereocenters. The molecule has 0 amide bonds. The maximum absolute atomic E-state index is 11.7. The van der Waals surface area contributed by atoms with Gasteiger partial charge in [0.15, 0.2) is 11.5 Å². The van der Waals surface area contributed by atoms with Crippen molar-refractivity contribution in [2.24, 2.45) is 0 Å². The molecule has 0 aromatic heterocycles. The number of ether oxygens (including phenoxy) is 2. The molecule has 1 aromatic rings. The molecule has 0 aliphatic carbocycles. The average Bonchev–Trinajstić information content (AvgIpc) is 2.56. The summed E-state index contributed by atoms with van der Waals surface area (Å²) in [6.07, 6.45) is -5.36. The maximum Gasteiger partial charge on any atom is 0.333 e. The largest absolute Gasteiger partial charge is 0.504 e. The van der Waals surface area contributed by atoms with Gasteiger partial charge in [-0.25, -0.2) is 4.79 Å². The van der Waals surface area contributed by atoms with Crippen molar-refractivity contribution in [3.05, 3.63) is 29.8 Å². The van der Waals surface area contributed by atoms with E-state index in [4.69, 9.17) is 14.6 Å². The fourth-order valence-electron chi connectivity index (χ4n) is 2.13. The predicted molar refractivity (Wildman–Crippen MR) is 78.7 cm³/mol. The molecule has 132 valence electrons. The minimum Gasteiger partial charge on any atom is -0.504 e. The van der Waals surface area contributed by atoms with Crippen LogP contribution < -0.4 is 0 Å². The second-order valence-electron chi connectivity index (χ2n) is 5.22. The van der Waals surface area contributed by atoms with E-state index >= 15 is 0 Å². The summed E-state index contributed by atoms with van der Waals surface area (Å²) in [6, 6.07) is 3.89. The van der Waals surface area contributed by atoms with Crippen LogP contribution in [0.15, 0.2) is 24.3 Å². The summed E-state index contributed by atoms with van der Waals surface area (Å²) in [5, 5.41) is 56.5. The number of aliphatic hydroxyl groups is 4. The number of carbonyl (C=O) groups is 1. The number of hydrogen-bond donors (Lipinski definition) is 6. The van der Waals surface area contributed by atoms with Crippen LogP contribution in [0.5, 0.6) is 11.5 Å². The quantitative estimate of drug-likeness (QED) is 0.217. The molecule has 1 heterocycles. The molecule has 9 heteroatoms. The Labute approximate surface area is 136 Å². The highest BCUT2D eigenvalue weighted by molar-refractivity contribution is 5.87. The van der Waals surface area contributed by atoms with Gasteiger partial charge in [0.25, 0.3) is 0 Å². The van der Waals surface area contributed by atoms with Crippen LogP contribution in [0.3, 0.4) is 0 Å². The van der Waals surface area contributed by atoms with Crippen molar-refractivity contribution in [2.75, 3.05) is 6.61 Å². The first-order chi connectivity index (χ1) is 11.3. The number of aliphatic hydroxyl groups excluding tert-OH is 4. The van der Waals surface area contributed by atoms with Crippen LogP contribution in [0, 0.1) is 0 Å². The number of benzene rings is 1. The van der Waals surface area contributed by atoms with Crippen LogP contribution in [0.25, 0.3) is 6.08 Å². The fourth-order valence-corrected chi connectivity index (χ4v) is 2.13. The number of hydrogen-bond acceptors (Lipinski definition) is 9. The van der Waals surface area contributed by atoms with E-state index in [1.807, 2.05) is 0 Å². The van der Waals surface area contributed by atoms with Crippen molar-refractivity contribution in [1.82, 2.24) is 0 Å². The molecule has 1 saturated heterocycles. The Balaban J connectivity index is 2.00. The minimum atomic E-state index is -1.68. The maximum atomic E-state index is 11.7. The number of phenolic OH excluding ortho intramolecular Hbond substituents is 2. The second-order valence-corrected chi connectivity index (χ2v) is 5.22. The molecular formula is C15H18O9. The molecule has 0 unspecified atom stereocenters. The smallest absolute Gasteiger partial charge is 0.333 e. The minimum absolute atomic E-state index is 0.309. The van der Waals surface area contributed by atoms with E-state index in [0.717, 1.165) is 6.08 Å². The lowest BCUT2D eigenvalue weighted by molar-refractivity contribution is -0.291. The first kappa shape index (κ1) is 18.2. The molecule has 6 N–H and O–H groups in total. The lowest BCUT2D eigenvalue weighted by Gasteiger charge is -2.38. The molecular weight excluding hydrogens is 324 g/mol. The van der Waals surface area contributed by atoms with Crippen molar-refractivity contribution in [2.45, 2.75) is 30.7 Å². The molecule has 9 nitrogen and oxygen atoms in total. The van der Waals surface area contributed by atoms with Gasteiger partial charge in [0.2, 0.25) is 6.29 Å². The SMILES string of the molecule is O=C(/C=C/c1ccc(O)c(O)c1)O[C@@H]1O[C@@H](CO)[C@H](O)[C@H](O)[C@@H]1O. The molecule has 1 fully saturated rings. The van der Waals surface area contributed by atoms with Gasteiger partial charge >= 0.3 is 5.97 Å². The Kier molecular flexibility index (Phi) is 5.75. The molecule has 2 rings (SSSR count). The molecule has 24 heavy (non-hydrogen) atoms. The summed E-state index contributed by atoms with van der Waals surface area (Å²) in [4.78, 5) is 11.7. The summed E-state index contributed by atoms with van der Waals surface area (Å²) >= 11 is 0. The molecule has 0 radical (unpaired) electrons. The highest BCUT2D eigenvalue weighted by atomic mass is 16.7. The van der Waals surface area contributed by atoms with Crippen LogP contribution in [0.4, 0.5) is 0 Å². The van der Waals surface area contributed by atoms with E-state index in [9.17, 15) is 30.3 Å². The lowest BCUT2D eigenvalue weighted by Crippen LogP contribution is -2.59. The van der Waals surface area contributed by atoms with Gasteiger partial charge in [-0.1, -0.05) is 6.07 Å². The zero-order valence-electron chi connectivity index (χ0n) is 12.4. The van der Waals surface area contributed by atoms with E-state index in [-0.39, 0.29) is 11.5 Å². The van der Waals surface area contributed by atoms with Gasteiger partial charge in [0.1, 0.15) is 24.4 Å². The predicted octanol–water partition coefficient (Wildman–Crippen LogP) is -1.55. The van der Waals surface area contributed by atoms with Gasteiger partial charge in [0.05, 0.1) is 6.61 Å². The molecule has 0 spiro atoms. The van der Waals surface area contributed by atoms with Crippen molar-refractivity contribution in [3.63, 3.8) is 0 Å². The van der Waals surface area contributed by atoms with Crippen molar-refractivity contribution < 1.29 is 44.9 Å². The Morgan fingerprint density at radius 1 is 1.12 bits per heavy atom. The van der Waals surface area contributed by atoms with E-state index in [1.165, 1.54) is 24.3 Å². The van der Waals surface area contributed by atoms with Crippen molar-refractivity contribution in [3.8, 4) is 11.5 Å². The number of esters is 1. The van der Waals surface area contributed by atoms with Gasteiger partial charge in [0, 0.05) is 6.08 Å².